The third-order valence-corrected chi connectivity index (χ3v) is 4.05. The second kappa shape index (κ2) is 6.59. The quantitative estimate of drug-likeness (QED) is 0.503. The zero-order chi connectivity index (χ0) is 19.9. The van der Waals surface area contributed by atoms with Crippen molar-refractivity contribution in [3.8, 4) is 11.4 Å². The van der Waals surface area contributed by atoms with Gasteiger partial charge in [-0.2, -0.15) is 13.2 Å². The Labute approximate surface area is 156 Å². The van der Waals surface area contributed by atoms with Crippen LogP contribution in [0.3, 0.4) is 0 Å². The molecule has 4 aromatic rings. The van der Waals surface area contributed by atoms with Crippen molar-refractivity contribution in [1.82, 2.24) is 19.4 Å². The maximum atomic E-state index is 13.7. The zero-order valence-electron chi connectivity index (χ0n) is 14.5. The number of alkyl halides is 3. The van der Waals surface area contributed by atoms with Gasteiger partial charge in [0.25, 0.3) is 0 Å². The van der Waals surface area contributed by atoms with E-state index >= 15 is 0 Å². The number of rotatable bonds is 3. The lowest BCUT2D eigenvalue weighted by Crippen LogP contribution is -2.09. The van der Waals surface area contributed by atoms with E-state index in [0.29, 0.717) is 5.69 Å². The first-order chi connectivity index (χ1) is 13.3. The van der Waals surface area contributed by atoms with Gasteiger partial charge in [-0.3, -0.25) is 9.38 Å². The number of hydrogen-bond donors (Lipinski definition) is 1. The van der Waals surface area contributed by atoms with Crippen LogP contribution in [0.25, 0.3) is 17.0 Å². The van der Waals surface area contributed by atoms with Crippen molar-refractivity contribution in [1.29, 1.82) is 0 Å². The zero-order valence-corrected chi connectivity index (χ0v) is 14.5. The summed E-state index contributed by atoms with van der Waals surface area (Å²) in [7, 11) is 0. The molecule has 9 heteroatoms. The smallest absolute Gasteiger partial charge is 0.339 e. The Hall–Kier alpha value is -3.49. The molecule has 1 aromatic carbocycles. The minimum Gasteiger partial charge on any atom is -0.339 e. The summed E-state index contributed by atoms with van der Waals surface area (Å²) in [6, 6.07) is 9.62. The molecule has 0 bridgehead atoms. The van der Waals surface area contributed by atoms with Crippen LogP contribution >= 0.6 is 0 Å². The molecule has 5 nitrogen and oxygen atoms in total. The van der Waals surface area contributed by atoms with E-state index in [0.717, 1.165) is 22.2 Å². The van der Waals surface area contributed by atoms with Crippen molar-refractivity contribution in [2.45, 2.75) is 13.1 Å². The molecule has 1 N–H and O–H groups in total. The van der Waals surface area contributed by atoms with E-state index in [9.17, 15) is 17.6 Å². The molecule has 3 heterocycles. The van der Waals surface area contributed by atoms with Gasteiger partial charge in [-0.05, 0) is 31.2 Å². The molecule has 0 atom stereocenters. The lowest BCUT2D eigenvalue weighted by atomic mass is 10.2. The van der Waals surface area contributed by atoms with Crippen molar-refractivity contribution < 1.29 is 17.6 Å². The SMILES string of the molecule is Cc1ccc(Nc2cncc(-c3c(C(F)(F)F)nc4ccc(F)cn34)n2)cc1. The van der Waals surface area contributed by atoms with Crippen LogP contribution < -0.4 is 5.32 Å². The number of halogens is 4. The number of nitrogens with zero attached hydrogens (tertiary/aromatic N) is 4. The lowest BCUT2D eigenvalue weighted by Gasteiger charge is -2.10. The average molecular weight is 387 g/mol. The number of aryl methyl sites for hydroxylation is 1. The van der Waals surface area contributed by atoms with Crippen molar-refractivity contribution in [3.05, 3.63) is 72.1 Å². The summed E-state index contributed by atoms with van der Waals surface area (Å²) in [5.41, 5.74) is 0.122. The molecule has 28 heavy (non-hydrogen) atoms. The van der Waals surface area contributed by atoms with Gasteiger partial charge in [0.2, 0.25) is 0 Å². The van der Waals surface area contributed by atoms with Crippen LogP contribution in [0.2, 0.25) is 0 Å². The number of imidazole rings is 1. The van der Waals surface area contributed by atoms with E-state index in [1.54, 1.807) is 0 Å². The van der Waals surface area contributed by atoms with Crippen LogP contribution in [0, 0.1) is 12.7 Å². The summed E-state index contributed by atoms with van der Waals surface area (Å²) in [4.78, 5) is 11.8. The molecule has 0 aliphatic carbocycles. The van der Waals surface area contributed by atoms with Gasteiger partial charge in [0.05, 0.1) is 12.4 Å². The van der Waals surface area contributed by atoms with Crippen LogP contribution in [0.5, 0.6) is 0 Å². The van der Waals surface area contributed by atoms with Gasteiger partial charge in [0.1, 0.15) is 28.7 Å². The van der Waals surface area contributed by atoms with Crippen molar-refractivity contribution in [2.75, 3.05) is 5.32 Å². The molecule has 0 saturated heterocycles. The molecule has 142 valence electrons. The number of aromatic nitrogens is 4. The van der Waals surface area contributed by atoms with Gasteiger partial charge in [-0.25, -0.2) is 14.4 Å². The predicted octanol–water partition coefficient (Wildman–Crippen LogP) is 5.00. The number of pyridine rings is 1. The van der Waals surface area contributed by atoms with Crippen LogP contribution in [-0.4, -0.2) is 19.4 Å². The molecular weight excluding hydrogens is 374 g/mol. The molecule has 0 aliphatic rings. The Morgan fingerprint density at radius 1 is 0.964 bits per heavy atom. The van der Waals surface area contributed by atoms with Crippen LogP contribution in [0.15, 0.2) is 55.0 Å². The average Bonchev–Trinajstić information content (AvgIpc) is 3.03. The van der Waals surface area contributed by atoms with E-state index in [4.69, 9.17) is 0 Å². The van der Waals surface area contributed by atoms with Crippen LogP contribution in [-0.2, 0) is 6.18 Å². The van der Waals surface area contributed by atoms with E-state index in [1.165, 1.54) is 18.5 Å². The third-order valence-electron chi connectivity index (χ3n) is 4.05. The maximum absolute atomic E-state index is 13.7. The van der Waals surface area contributed by atoms with Gasteiger partial charge in [0.15, 0.2) is 5.69 Å². The van der Waals surface area contributed by atoms with E-state index < -0.39 is 17.7 Å². The molecule has 0 amide bonds. The molecule has 0 spiro atoms. The minimum atomic E-state index is -4.74. The Morgan fingerprint density at radius 3 is 2.43 bits per heavy atom. The lowest BCUT2D eigenvalue weighted by molar-refractivity contribution is -0.140. The first-order valence-corrected chi connectivity index (χ1v) is 8.22. The Bertz CT molecular complexity index is 1150. The molecule has 3 aromatic heterocycles. The fourth-order valence-electron chi connectivity index (χ4n) is 2.79. The van der Waals surface area contributed by atoms with Crippen LogP contribution in [0.1, 0.15) is 11.3 Å². The second-order valence-corrected chi connectivity index (χ2v) is 6.16. The Morgan fingerprint density at radius 2 is 1.71 bits per heavy atom. The summed E-state index contributed by atoms with van der Waals surface area (Å²) in [6.45, 7) is 1.94. The summed E-state index contributed by atoms with van der Waals surface area (Å²) >= 11 is 0. The number of nitrogens with one attached hydrogen (secondary N) is 1. The second-order valence-electron chi connectivity index (χ2n) is 6.16. The molecule has 4 rings (SSSR count). The molecule has 0 unspecified atom stereocenters. The van der Waals surface area contributed by atoms with Crippen molar-refractivity contribution >= 4 is 17.2 Å². The van der Waals surface area contributed by atoms with E-state index in [-0.39, 0.29) is 22.9 Å². The number of fused-ring (bicyclic) bond motifs is 1. The highest BCUT2D eigenvalue weighted by atomic mass is 19.4. The van der Waals surface area contributed by atoms with E-state index in [1.807, 2.05) is 31.2 Å². The number of benzene rings is 1. The summed E-state index contributed by atoms with van der Waals surface area (Å²) < 4.78 is 55.3. The first kappa shape index (κ1) is 17.9. The summed E-state index contributed by atoms with van der Waals surface area (Å²) in [5.74, 6) is -0.442. The van der Waals surface area contributed by atoms with Gasteiger partial charge >= 0.3 is 6.18 Å². The maximum Gasteiger partial charge on any atom is 0.435 e. The van der Waals surface area contributed by atoms with Crippen molar-refractivity contribution in [2.24, 2.45) is 0 Å². The minimum absolute atomic E-state index is 0.0394. The monoisotopic (exact) mass is 387 g/mol. The Kier molecular flexibility index (Phi) is 4.21. The fraction of sp³-hybridized carbons (Fsp3) is 0.105. The largest absolute Gasteiger partial charge is 0.435 e. The highest BCUT2D eigenvalue weighted by Gasteiger charge is 2.39. The third kappa shape index (κ3) is 3.38. The number of hydrogen-bond acceptors (Lipinski definition) is 4. The van der Waals surface area contributed by atoms with Gasteiger partial charge < -0.3 is 5.32 Å². The fourth-order valence-corrected chi connectivity index (χ4v) is 2.79. The summed E-state index contributed by atoms with van der Waals surface area (Å²) in [5, 5.41) is 2.99. The molecular formula is C19H13F4N5. The van der Waals surface area contributed by atoms with E-state index in [2.05, 4.69) is 20.3 Å². The Balaban J connectivity index is 1.83. The molecule has 0 saturated carbocycles. The highest BCUT2D eigenvalue weighted by molar-refractivity contribution is 5.66. The molecule has 0 radical (unpaired) electrons. The highest BCUT2D eigenvalue weighted by Crippen LogP contribution is 2.36. The van der Waals surface area contributed by atoms with Gasteiger partial charge in [-0.15, -0.1) is 0 Å². The summed E-state index contributed by atoms with van der Waals surface area (Å²) in [6.07, 6.45) is -1.22. The molecule has 0 aliphatic heterocycles. The normalized spacial score (nSPS) is 11.8. The van der Waals surface area contributed by atoms with Gasteiger partial charge in [-0.1, -0.05) is 17.7 Å². The molecule has 0 fully saturated rings. The standard InChI is InChI=1S/C19H13F4N5/c1-11-2-5-13(6-3-11)25-15-9-24-8-14(26-15)17-18(19(21,22)23)27-16-7-4-12(20)10-28(16)17/h2-10H,1H3,(H,25,26). The van der Waals surface area contributed by atoms with Crippen LogP contribution in [0.4, 0.5) is 29.1 Å². The topological polar surface area (TPSA) is 55.1 Å². The van der Waals surface area contributed by atoms with Gasteiger partial charge in [0, 0.05) is 11.9 Å². The first-order valence-electron chi connectivity index (χ1n) is 8.22. The predicted molar refractivity (Wildman–Crippen MR) is 95.6 cm³/mol. The van der Waals surface area contributed by atoms with Crippen molar-refractivity contribution in [3.63, 3.8) is 0 Å². The number of anilines is 2.